The molecular weight excluding hydrogens is 184 g/mol. The van der Waals surface area contributed by atoms with Gasteiger partial charge in [0.2, 0.25) is 0 Å². The lowest BCUT2D eigenvalue weighted by Gasteiger charge is -2.07. The molecule has 0 saturated heterocycles. The van der Waals surface area contributed by atoms with Crippen LogP contribution in [-0.4, -0.2) is 11.7 Å². The molecule has 0 aliphatic carbocycles. The Bertz CT molecular complexity index is 391. The fourth-order valence-electron chi connectivity index (χ4n) is 1.10. The number of carbonyl (C=O) groups excluding carboxylic acids is 2. The highest BCUT2D eigenvalue weighted by molar-refractivity contribution is 6.44. The van der Waals surface area contributed by atoms with Crippen molar-refractivity contribution < 1.29 is 9.59 Å². The third-order valence-electron chi connectivity index (χ3n) is 1.67. The van der Waals surface area contributed by atoms with Gasteiger partial charge in [0.15, 0.2) is 0 Å². The molecule has 8 N–H and O–H groups in total. The van der Waals surface area contributed by atoms with Gasteiger partial charge in [-0.25, -0.2) is 0 Å². The smallest absolute Gasteiger partial charge is 0.289 e. The van der Waals surface area contributed by atoms with E-state index in [0.29, 0.717) is 5.69 Å². The molecule has 0 saturated carbocycles. The summed E-state index contributed by atoms with van der Waals surface area (Å²) in [5, 5.41) is 0. The van der Waals surface area contributed by atoms with E-state index in [4.69, 9.17) is 22.9 Å². The van der Waals surface area contributed by atoms with Gasteiger partial charge in [0.25, 0.3) is 11.7 Å². The molecule has 0 aromatic heterocycles. The van der Waals surface area contributed by atoms with Gasteiger partial charge in [-0.1, -0.05) is 0 Å². The van der Waals surface area contributed by atoms with Crippen molar-refractivity contribution in [3.8, 4) is 0 Å². The molecule has 1 rings (SSSR count). The van der Waals surface area contributed by atoms with Crippen LogP contribution in [0.1, 0.15) is 10.4 Å². The molecule has 74 valence electrons. The standard InChI is InChI=1S/C8H10N4O2/c9-3-1-4(10)6(5(11)2-3)7(13)8(12)14/h1-2H,9-11H2,(H2,12,14). The summed E-state index contributed by atoms with van der Waals surface area (Å²) in [7, 11) is 0. The second kappa shape index (κ2) is 3.25. The first kappa shape index (κ1) is 9.85. The van der Waals surface area contributed by atoms with Gasteiger partial charge in [0.05, 0.1) is 5.56 Å². The molecule has 6 heteroatoms. The lowest BCUT2D eigenvalue weighted by molar-refractivity contribution is -0.114. The van der Waals surface area contributed by atoms with Crippen LogP contribution in [0, 0.1) is 0 Å². The molecule has 1 amide bonds. The molecule has 1 aromatic carbocycles. The number of carbonyl (C=O) groups is 2. The predicted octanol–water partition coefficient (Wildman–Crippen LogP) is -0.899. The average molecular weight is 194 g/mol. The van der Waals surface area contributed by atoms with Crippen LogP contribution >= 0.6 is 0 Å². The Balaban J connectivity index is 3.35. The highest BCUT2D eigenvalue weighted by atomic mass is 16.2. The van der Waals surface area contributed by atoms with Gasteiger partial charge < -0.3 is 22.9 Å². The van der Waals surface area contributed by atoms with E-state index in [0.717, 1.165) is 0 Å². The van der Waals surface area contributed by atoms with Crippen molar-refractivity contribution in [3.05, 3.63) is 17.7 Å². The molecule has 0 bridgehead atoms. The van der Waals surface area contributed by atoms with E-state index in [1.807, 2.05) is 0 Å². The predicted molar refractivity (Wildman–Crippen MR) is 53.2 cm³/mol. The monoisotopic (exact) mass is 194 g/mol. The van der Waals surface area contributed by atoms with Crippen LogP contribution in [0.15, 0.2) is 12.1 Å². The highest BCUT2D eigenvalue weighted by Crippen LogP contribution is 2.23. The Morgan fingerprint density at radius 2 is 1.43 bits per heavy atom. The zero-order valence-corrected chi connectivity index (χ0v) is 7.28. The first-order valence-electron chi connectivity index (χ1n) is 3.72. The average Bonchev–Trinajstić information content (AvgIpc) is 2.01. The van der Waals surface area contributed by atoms with Crippen LogP contribution in [0.2, 0.25) is 0 Å². The summed E-state index contributed by atoms with van der Waals surface area (Å²) in [6, 6.07) is 2.68. The van der Waals surface area contributed by atoms with Gasteiger partial charge in [-0.3, -0.25) is 9.59 Å². The van der Waals surface area contributed by atoms with Crippen LogP contribution < -0.4 is 22.9 Å². The first-order chi connectivity index (χ1) is 6.43. The van der Waals surface area contributed by atoms with Gasteiger partial charge in [0.1, 0.15) is 0 Å². The Kier molecular flexibility index (Phi) is 2.29. The molecule has 0 unspecified atom stereocenters. The van der Waals surface area contributed by atoms with Crippen LogP contribution in [0.25, 0.3) is 0 Å². The van der Waals surface area contributed by atoms with Crippen molar-refractivity contribution in [2.45, 2.75) is 0 Å². The van der Waals surface area contributed by atoms with Crippen LogP contribution in [-0.2, 0) is 4.79 Å². The van der Waals surface area contributed by atoms with E-state index in [-0.39, 0.29) is 16.9 Å². The molecule has 0 aliphatic rings. The summed E-state index contributed by atoms with van der Waals surface area (Å²) in [4.78, 5) is 21.8. The largest absolute Gasteiger partial charge is 0.399 e. The van der Waals surface area contributed by atoms with E-state index in [1.54, 1.807) is 0 Å². The lowest BCUT2D eigenvalue weighted by atomic mass is 10.1. The van der Waals surface area contributed by atoms with Crippen molar-refractivity contribution in [1.29, 1.82) is 0 Å². The number of amides is 1. The zero-order valence-electron chi connectivity index (χ0n) is 7.28. The van der Waals surface area contributed by atoms with Crippen LogP contribution in [0.5, 0.6) is 0 Å². The van der Waals surface area contributed by atoms with Crippen molar-refractivity contribution in [2.75, 3.05) is 17.2 Å². The SMILES string of the molecule is NC(=O)C(=O)c1c(N)cc(N)cc1N. The van der Waals surface area contributed by atoms with Crippen molar-refractivity contribution in [2.24, 2.45) is 5.73 Å². The highest BCUT2D eigenvalue weighted by Gasteiger charge is 2.18. The second-order valence-corrected chi connectivity index (χ2v) is 2.77. The Morgan fingerprint density at radius 3 is 1.79 bits per heavy atom. The zero-order chi connectivity index (χ0) is 10.9. The molecule has 0 spiro atoms. The Hall–Kier alpha value is -2.24. The molecule has 14 heavy (non-hydrogen) atoms. The van der Waals surface area contributed by atoms with Gasteiger partial charge in [-0.15, -0.1) is 0 Å². The maximum Gasteiger partial charge on any atom is 0.289 e. The molecule has 0 aliphatic heterocycles. The number of rotatable bonds is 2. The third-order valence-corrected chi connectivity index (χ3v) is 1.67. The minimum atomic E-state index is -1.10. The number of benzene rings is 1. The molecule has 0 fully saturated rings. The van der Waals surface area contributed by atoms with E-state index >= 15 is 0 Å². The number of nitrogen functional groups attached to an aromatic ring is 3. The van der Waals surface area contributed by atoms with Crippen LogP contribution in [0.3, 0.4) is 0 Å². The lowest BCUT2D eigenvalue weighted by Crippen LogP contribution is -2.25. The first-order valence-corrected chi connectivity index (χ1v) is 3.72. The van der Waals surface area contributed by atoms with E-state index < -0.39 is 11.7 Å². The fourth-order valence-corrected chi connectivity index (χ4v) is 1.10. The van der Waals surface area contributed by atoms with Gasteiger partial charge >= 0.3 is 0 Å². The summed E-state index contributed by atoms with van der Waals surface area (Å²) in [5.41, 5.74) is 21.5. The summed E-state index contributed by atoms with van der Waals surface area (Å²) in [6.07, 6.45) is 0. The molecule has 1 aromatic rings. The summed E-state index contributed by atoms with van der Waals surface area (Å²) in [6.45, 7) is 0. The maximum absolute atomic E-state index is 11.2. The van der Waals surface area contributed by atoms with Crippen molar-refractivity contribution in [1.82, 2.24) is 0 Å². The van der Waals surface area contributed by atoms with Gasteiger partial charge in [0, 0.05) is 17.1 Å². The number of hydrogen-bond donors (Lipinski definition) is 4. The minimum Gasteiger partial charge on any atom is -0.399 e. The van der Waals surface area contributed by atoms with Gasteiger partial charge in [-0.05, 0) is 12.1 Å². The van der Waals surface area contributed by atoms with Crippen LogP contribution in [0.4, 0.5) is 17.1 Å². The summed E-state index contributed by atoms with van der Waals surface area (Å²) < 4.78 is 0. The molecule has 0 heterocycles. The van der Waals surface area contributed by atoms with Crippen molar-refractivity contribution >= 4 is 28.8 Å². The third kappa shape index (κ3) is 1.58. The van der Waals surface area contributed by atoms with Crippen molar-refractivity contribution in [3.63, 3.8) is 0 Å². The van der Waals surface area contributed by atoms with E-state index in [9.17, 15) is 9.59 Å². The van der Waals surface area contributed by atoms with E-state index in [2.05, 4.69) is 0 Å². The summed E-state index contributed by atoms with van der Waals surface area (Å²) >= 11 is 0. The fraction of sp³-hybridized carbons (Fsp3) is 0. The maximum atomic E-state index is 11.2. The number of primary amides is 1. The number of nitrogens with two attached hydrogens (primary N) is 4. The topological polar surface area (TPSA) is 138 Å². The quantitative estimate of drug-likeness (QED) is 0.274. The molecule has 6 nitrogen and oxygen atoms in total. The Morgan fingerprint density at radius 1 is 1.00 bits per heavy atom. The van der Waals surface area contributed by atoms with E-state index in [1.165, 1.54) is 12.1 Å². The number of Topliss-reactive ketones (excluding diaryl/α,β-unsaturated/α-hetero) is 1. The number of anilines is 3. The second-order valence-electron chi connectivity index (χ2n) is 2.77. The normalized spacial score (nSPS) is 9.71. The Labute approximate surface area is 79.8 Å². The number of hydrogen-bond acceptors (Lipinski definition) is 5. The van der Waals surface area contributed by atoms with Gasteiger partial charge in [-0.2, -0.15) is 0 Å². The molecule has 0 radical (unpaired) electrons. The molecular formula is C8H10N4O2. The molecule has 0 atom stereocenters. The summed E-state index contributed by atoms with van der Waals surface area (Å²) in [5.74, 6) is -2.02. The number of ketones is 1. The minimum absolute atomic E-state index is 0.0475.